The quantitative estimate of drug-likeness (QED) is 0.632. The molecule has 0 spiro atoms. The number of benzene rings is 1. The van der Waals surface area contributed by atoms with Crippen LogP contribution in [0.5, 0.6) is 5.75 Å². The van der Waals surface area contributed by atoms with Crippen LogP contribution in [0.1, 0.15) is 24.9 Å². The molecule has 10 heteroatoms. The van der Waals surface area contributed by atoms with Gasteiger partial charge in [0.15, 0.2) is 5.13 Å². The second-order valence-corrected chi connectivity index (χ2v) is 8.41. The number of nitrogens with zero attached hydrogens (tertiary/aromatic N) is 5. The van der Waals surface area contributed by atoms with Crippen LogP contribution in [-0.4, -0.2) is 49.2 Å². The highest BCUT2D eigenvalue weighted by atomic mass is 32.2. The Morgan fingerprint density at radius 3 is 3.18 bits per heavy atom. The van der Waals surface area contributed by atoms with E-state index < -0.39 is 6.04 Å². The van der Waals surface area contributed by atoms with Crippen LogP contribution in [-0.2, 0) is 11.2 Å². The Labute approximate surface area is 170 Å². The van der Waals surface area contributed by atoms with Crippen LogP contribution >= 0.6 is 23.1 Å². The fourth-order valence-corrected chi connectivity index (χ4v) is 4.34. The fourth-order valence-electron chi connectivity index (χ4n) is 3.16. The molecule has 0 radical (unpaired) electrons. The van der Waals surface area contributed by atoms with Crippen molar-refractivity contribution in [1.82, 2.24) is 25.2 Å². The summed E-state index contributed by atoms with van der Waals surface area (Å²) in [5.41, 5.74) is 3.05. The first kappa shape index (κ1) is 18.9. The summed E-state index contributed by atoms with van der Waals surface area (Å²) in [5.74, 6) is 1.60. The van der Waals surface area contributed by atoms with Crippen LogP contribution < -0.4 is 10.1 Å². The number of anilines is 1. The number of carbonyl (C=O) groups is 1. The molecule has 3 heterocycles. The zero-order chi connectivity index (χ0) is 19.5. The Balaban J connectivity index is 1.48. The fraction of sp³-hybridized carbons (Fsp3) is 0.389. The number of thioether (sulfide) groups is 1. The average Bonchev–Trinajstić information content (AvgIpc) is 3.41. The minimum Gasteiger partial charge on any atom is -0.490 e. The lowest BCUT2D eigenvalue weighted by molar-refractivity contribution is -0.119. The van der Waals surface area contributed by atoms with E-state index in [1.54, 1.807) is 11.8 Å². The van der Waals surface area contributed by atoms with Gasteiger partial charge in [-0.3, -0.25) is 4.79 Å². The van der Waals surface area contributed by atoms with Crippen molar-refractivity contribution in [3.8, 4) is 17.0 Å². The number of tetrazole rings is 1. The van der Waals surface area contributed by atoms with Gasteiger partial charge >= 0.3 is 0 Å². The van der Waals surface area contributed by atoms with Crippen molar-refractivity contribution in [2.24, 2.45) is 0 Å². The van der Waals surface area contributed by atoms with E-state index in [1.165, 1.54) is 27.9 Å². The number of hydrogen-bond donors (Lipinski definition) is 1. The third-order valence-electron chi connectivity index (χ3n) is 4.51. The Morgan fingerprint density at radius 2 is 2.39 bits per heavy atom. The molecule has 0 bridgehead atoms. The lowest BCUT2D eigenvalue weighted by atomic mass is 10.1. The maximum Gasteiger partial charge on any atom is 0.251 e. The number of fused-ring (bicyclic) bond motifs is 1. The molecule has 1 aromatic carbocycles. The summed E-state index contributed by atoms with van der Waals surface area (Å²) in [6.45, 7) is 2.06. The van der Waals surface area contributed by atoms with Crippen LogP contribution in [0.3, 0.4) is 0 Å². The third-order valence-corrected chi connectivity index (χ3v) is 5.91. The summed E-state index contributed by atoms with van der Waals surface area (Å²) in [6.07, 6.45) is 5.22. The predicted molar refractivity (Wildman–Crippen MR) is 110 cm³/mol. The van der Waals surface area contributed by atoms with Gasteiger partial charge in [-0.1, -0.05) is 0 Å². The summed E-state index contributed by atoms with van der Waals surface area (Å²) in [6, 6.07) is 5.64. The van der Waals surface area contributed by atoms with Gasteiger partial charge < -0.3 is 10.1 Å². The monoisotopic (exact) mass is 416 g/mol. The molecular weight excluding hydrogens is 396 g/mol. The number of amides is 1. The molecule has 0 saturated carbocycles. The molecule has 4 rings (SSSR count). The SMILES string of the molecule is CSCCC(C(=O)Nc1nc(-c2ccc3c(c2)CC(C)O3)cs1)n1cnnn1. The molecule has 2 aromatic heterocycles. The topological polar surface area (TPSA) is 94.8 Å². The van der Waals surface area contributed by atoms with E-state index in [0.29, 0.717) is 11.6 Å². The van der Waals surface area contributed by atoms with Crippen LogP contribution in [0.2, 0.25) is 0 Å². The molecule has 0 saturated heterocycles. The molecule has 2 atom stereocenters. The smallest absolute Gasteiger partial charge is 0.251 e. The van der Waals surface area contributed by atoms with E-state index in [4.69, 9.17) is 4.74 Å². The number of hydrogen-bond acceptors (Lipinski definition) is 8. The van der Waals surface area contributed by atoms with Crippen molar-refractivity contribution in [3.05, 3.63) is 35.5 Å². The number of nitrogens with one attached hydrogen (secondary N) is 1. The summed E-state index contributed by atoms with van der Waals surface area (Å²) in [4.78, 5) is 17.4. The number of rotatable bonds is 7. The minimum atomic E-state index is -0.464. The number of aromatic nitrogens is 5. The third kappa shape index (κ3) is 4.02. The van der Waals surface area contributed by atoms with Crippen molar-refractivity contribution in [2.45, 2.75) is 31.9 Å². The Morgan fingerprint density at radius 1 is 1.50 bits per heavy atom. The summed E-state index contributed by atoms with van der Waals surface area (Å²) >= 11 is 3.08. The minimum absolute atomic E-state index is 0.168. The molecule has 2 unspecified atom stereocenters. The molecule has 28 heavy (non-hydrogen) atoms. The van der Waals surface area contributed by atoms with E-state index in [2.05, 4.69) is 38.8 Å². The van der Waals surface area contributed by atoms with Gasteiger partial charge in [0, 0.05) is 17.4 Å². The van der Waals surface area contributed by atoms with Crippen molar-refractivity contribution < 1.29 is 9.53 Å². The highest BCUT2D eigenvalue weighted by molar-refractivity contribution is 7.98. The standard InChI is InChI=1S/C18H20N6O2S2/c1-11-7-13-8-12(3-4-16(13)26-11)14-9-28-18(20-14)21-17(25)15(5-6-27-2)24-10-19-22-23-24/h3-4,8-11,15H,5-7H2,1-2H3,(H,20,21,25). The molecule has 0 aliphatic carbocycles. The molecule has 1 N–H and O–H groups in total. The molecule has 0 fully saturated rings. The van der Waals surface area contributed by atoms with Crippen molar-refractivity contribution >= 4 is 34.1 Å². The summed E-state index contributed by atoms with van der Waals surface area (Å²) in [7, 11) is 0. The van der Waals surface area contributed by atoms with E-state index in [9.17, 15) is 4.79 Å². The average molecular weight is 417 g/mol. The molecule has 1 aliphatic rings. The van der Waals surface area contributed by atoms with Crippen molar-refractivity contribution in [1.29, 1.82) is 0 Å². The molecular formula is C18H20N6O2S2. The van der Waals surface area contributed by atoms with Crippen LogP contribution in [0.4, 0.5) is 5.13 Å². The zero-order valence-electron chi connectivity index (χ0n) is 15.5. The molecule has 8 nitrogen and oxygen atoms in total. The van der Waals surface area contributed by atoms with Gasteiger partial charge in [0.25, 0.3) is 5.91 Å². The van der Waals surface area contributed by atoms with Crippen LogP contribution in [0, 0.1) is 0 Å². The van der Waals surface area contributed by atoms with Gasteiger partial charge in [0.1, 0.15) is 24.2 Å². The highest BCUT2D eigenvalue weighted by Gasteiger charge is 2.23. The van der Waals surface area contributed by atoms with Gasteiger partial charge in [-0.15, -0.1) is 16.4 Å². The second kappa shape index (κ2) is 8.27. The summed E-state index contributed by atoms with van der Waals surface area (Å²) < 4.78 is 7.24. The summed E-state index contributed by atoms with van der Waals surface area (Å²) in [5, 5.41) is 16.6. The Kier molecular flexibility index (Phi) is 5.58. The maximum absolute atomic E-state index is 12.8. The van der Waals surface area contributed by atoms with E-state index in [1.807, 2.05) is 23.8 Å². The van der Waals surface area contributed by atoms with Crippen molar-refractivity contribution in [3.63, 3.8) is 0 Å². The lowest BCUT2D eigenvalue weighted by Gasteiger charge is -2.14. The van der Waals surface area contributed by atoms with Gasteiger partial charge in [-0.25, -0.2) is 9.67 Å². The highest BCUT2D eigenvalue weighted by Crippen LogP contribution is 2.34. The van der Waals surface area contributed by atoms with Gasteiger partial charge in [-0.05, 0) is 59.5 Å². The molecule has 1 amide bonds. The number of ether oxygens (including phenoxy) is 1. The predicted octanol–water partition coefficient (Wildman–Crippen LogP) is 3.05. The van der Waals surface area contributed by atoms with Crippen LogP contribution in [0.25, 0.3) is 11.3 Å². The maximum atomic E-state index is 12.8. The Hall–Kier alpha value is -2.46. The zero-order valence-corrected chi connectivity index (χ0v) is 17.2. The van der Waals surface area contributed by atoms with Gasteiger partial charge in [0.05, 0.1) is 5.69 Å². The van der Waals surface area contributed by atoms with E-state index in [0.717, 1.165) is 29.2 Å². The first-order chi connectivity index (χ1) is 13.6. The molecule has 3 aromatic rings. The van der Waals surface area contributed by atoms with E-state index in [-0.39, 0.29) is 12.0 Å². The van der Waals surface area contributed by atoms with Gasteiger partial charge in [0.2, 0.25) is 0 Å². The van der Waals surface area contributed by atoms with E-state index >= 15 is 0 Å². The molecule has 1 aliphatic heterocycles. The molecule has 146 valence electrons. The first-order valence-electron chi connectivity index (χ1n) is 8.92. The Bertz CT molecular complexity index is 959. The second-order valence-electron chi connectivity index (χ2n) is 6.57. The van der Waals surface area contributed by atoms with Crippen LogP contribution in [0.15, 0.2) is 29.9 Å². The number of thiazole rings is 1. The van der Waals surface area contributed by atoms with Crippen molar-refractivity contribution in [2.75, 3.05) is 17.3 Å². The first-order valence-corrected chi connectivity index (χ1v) is 11.2. The number of carbonyl (C=O) groups excluding carboxylic acids is 1. The lowest BCUT2D eigenvalue weighted by Crippen LogP contribution is -2.27. The normalized spacial score (nSPS) is 16.4. The van der Waals surface area contributed by atoms with Gasteiger partial charge in [-0.2, -0.15) is 11.8 Å². The largest absolute Gasteiger partial charge is 0.490 e.